The number of rotatable bonds is 2. The fourth-order valence-electron chi connectivity index (χ4n) is 1.68. The van der Waals surface area contributed by atoms with Crippen LogP contribution < -0.4 is 0 Å². The molecule has 0 aliphatic carbocycles. The Morgan fingerprint density at radius 3 is 2.82 bits per heavy atom. The van der Waals surface area contributed by atoms with E-state index in [1.54, 1.807) is 0 Å². The Hall–Kier alpha value is -2.10. The molecule has 0 saturated carbocycles. The Morgan fingerprint density at radius 1 is 1.35 bits per heavy atom. The van der Waals surface area contributed by atoms with Crippen molar-refractivity contribution in [2.24, 2.45) is 0 Å². The van der Waals surface area contributed by atoms with Gasteiger partial charge in [-0.3, -0.25) is 0 Å². The highest BCUT2D eigenvalue weighted by atomic mass is 16.5. The number of methoxy groups -OCH3 is 1. The average molecular weight is 230 g/mol. The second-order valence-electron chi connectivity index (χ2n) is 3.88. The molecule has 1 aromatic carbocycles. The summed E-state index contributed by atoms with van der Waals surface area (Å²) in [6, 6.07) is 5.99. The van der Waals surface area contributed by atoms with Crippen molar-refractivity contribution < 1.29 is 9.53 Å². The molecule has 0 unspecified atom stereocenters. The maximum absolute atomic E-state index is 11.3. The molecule has 88 valence electrons. The van der Waals surface area contributed by atoms with Crippen molar-refractivity contribution in [2.75, 3.05) is 7.11 Å². The minimum absolute atomic E-state index is 0.364. The lowest BCUT2D eigenvalue weighted by atomic mass is 10.0. The van der Waals surface area contributed by atoms with E-state index in [-0.39, 0.29) is 0 Å². The molecule has 0 fully saturated rings. The number of aryl methyl sites for hydroxylation is 1. The van der Waals surface area contributed by atoms with Gasteiger partial charge in [-0.15, -0.1) is 0 Å². The highest BCUT2D eigenvalue weighted by Crippen LogP contribution is 2.22. The lowest BCUT2D eigenvalue weighted by molar-refractivity contribution is 0.0595. The van der Waals surface area contributed by atoms with Gasteiger partial charge in [-0.25, -0.2) is 9.78 Å². The first-order valence-electron chi connectivity index (χ1n) is 5.33. The number of H-pyrrole nitrogens is 1. The normalized spacial score (nSPS) is 10.3. The van der Waals surface area contributed by atoms with Crippen LogP contribution in [0.15, 0.2) is 24.4 Å². The van der Waals surface area contributed by atoms with Gasteiger partial charge in [0.25, 0.3) is 0 Å². The Balaban J connectivity index is 2.44. The summed E-state index contributed by atoms with van der Waals surface area (Å²) in [7, 11) is 1.35. The van der Waals surface area contributed by atoms with Crippen LogP contribution in [0.1, 0.15) is 21.6 Å². The fourth-order valence-corrected chi connectivity index (χ4v) is 1.68. The van der Waals surface area contributed by atoms with Gasteiger partial charge >= 0.3 is 5.97 Å². The van der Waals surface area contributed by atoms with Crippen LogP contribution in [0.25, 0.3) is 11.4 Å². The summed E-state index contributed by atoms with van der Waals surface area (Å²) >= 11 is 0. The first-order valence-corrected chi connectivity index (χ1v) is 5.33. The van der Waals surface area contributed by atoms with Gasteiger partial charge in [0.2, 0.25) is 0 Å². The summed E-state index contributed by atoms with van der Waals surface area (Å²) in [6.45, 7) is 4.08. The van der Waals surface area contributed by atoms with Crippen LogP contribution in [-0.4, -0.2) is 23.0 Å². The Kier molecular flexibility index (Phi) is 2.95. The van der Waals surface area contributed by atoms with Crippen LogP contribution in [0.3, 0.4) is 0 Å². The number of esters is 1. The van der Waals surface area contributed by atoms with E-state index in [0.29, 0.717) is 11.5 Å². The van der Waals surface area contributed by atoms with E-state index >= 15 is 0 Å². The molecule has 0 spiro atoms. The summed E-state index contributed by atoms with van der Waals surface area (Å²) in [5.74, 6) is 0.278. The fraction of sp³-hybridized carbons (Fsp3) is 0.231. The molecule has 0 bridgehead atoms. The van der Waals surface area contributed by atoms with Gasteiger partial charge in [0, 0.05) is 5.56 Å². The van der Waals surface area contributed by atoms with Crippen LogP contribution in [0.5, 0.6) is 0 Å². The zero-order valence-corrected chi connectivity index (χ0v) is 10.1. The minimum atomic E-state index is -0.408. The van der Waals surface area contributed by atoms with Gasteiger partial charge in [-0.2, -0.15) is 0 Å². The molecule has 17 heavy (non-hydrogen) atoms. The zero-order chi connectivity index (χ0) is 12.4. The quantitative estimate of drug-likeness (QED) is 0.806. The predicted octanol–water partition coefficient (Wildman–Crippen LogP) is 2.48. The summed E-state index contributed by atoms with van der Waals surface area (Å²) in [5.41, 5.74) is 3.71. The molecule has 0 aliphatic heterocycles. The smallest absolute Gasteiger partial charge is 0.356 e. The third kappa shape index (κ3) is 2.06. The van der Waals surface area contributed by atoms with Gasteiger partial charge in [-0.1, -0.05) is 18.2 Å². The highest BCUT2D eigenvalue weighted by molar-refractivity contribution is 5.87. The lowest BCUT2D eigenvalue weighted by Gasteiger charge is -2.05. The van der Waals surface area contributed by atoms with Gasteiger partial charge in [-0.05, 0) is 25.0 Å². The zero-order valence-electron chi connectivity index (χ0n) is 10.1. The molecule has 1 aromatic heterocycles. The Bertz CT molecular complexity index is 558. The predicted molar refractivity (Wildman–Crippen MR) is 64.8 cm³/mol. The monoisotopic (exact) mass is 230 g/mol. The topological polar surface area (TPSA) is 55.0 Å². The first-order chi connectivity index (χ1) is 8.13. The standard InChI is InChI=1S/C13H14N2O2/c1-8-5-4-6-10(9(8)2)12-14-7-11(15-12)13(16)17-3/h4-7H,1-3H3,(H,14,15). The number of hydrogen-bond acceptors (Lipinski definition) is 3. The van der Waals surface area contributed by atoms with Crippen molar-refractivity contribution in [3.63, 3.8) is 0 Å². The number of aromatic amines is 1. The van der Waals surface area contributed by atoms with Crippen molar-refractivity contribution >= 4 is 5.97 Å². The van der Waals surface area contributed by atoms with Gasteiger partial charge in [0.1, 0.15) is 11.5 Å². The first kappa shape index (κ1) is 11.4. The van der Waals surface area contributed by atoms with Crippen molar-refractivity contribution in [1.82, 2.24) is 9.97 Å². The van der Waals surface area contributed by atoms with Crippen LogP contribution >= 0.6 is 0 Å². The van der Waals surface area contributed by atoms with Gasteiger partial charge in [0.05, 0.1) is 13.3 Å². The third-order valence-corrected chi connectivity index (χ3v) is 2.84. The summed E-state index contributed by atoms with van der Waals surface area (Å²) < 4.78 is 4.63. The number of imidazole rings is 1. The van der Waals surface area contributed by atoms with E-state index in [2.05, 4.69) is 14.7 Å². The molecule has 2 rings (SSSR count). The van der Waals surface area contributed by atoms with E-state index in [0.717, 1.165) is 11.1 Å². The van der Waals surface area contributed by atoms with Gasteiger partial charge in [0.15, 0.2) is 0 Å². The molecule has 4 heteroatoms. The Labute approximate surface area is 99.7 Å². The molecule has 1 N–H and O–H groups in total. The number of carbonyl (C=O) groups excluding carboxylic acids is 1. The van der Waals surface area contributed by atoms with Crippen LogP contribution in [-0.2, 0) is 4.74 Å². The molecule has 1 heterocycles. The van der Waals surface area contributed by atoms with Crippen LogP contribution in [0, 0.1) is 13.8 Å². The van der Waals surface area contributed by atoms with E-state index in [9.17, 15) is 4.79 Å². The minimum Gasteiger partial charge on any atom is -0.464 e. The SMILES string of the molecule is COC(=O)c1cnc(-c2cccc(C)c2C)[nH]1. The molecular weight excluding hydrogens is 216 g/mol. The second-order valence-corrected chi connectivity index (χ2v) is 3.88. The van der Waals surface area contributed by atoms with Gasteiger partial charge < -0.3 is 9.72 Å². The number of ether oxygens (including phenoxy) is 1. The lowest BCUT2D eigenvalue weighted by Crippen LogP contribution is -2.01. The number of nitrogens with zero attached hydrogens (tertiary/aromatic N) is 1. The number of nitrogens with one attached hydrogen (secondary N) is 1. The van der Waals surface area contributed by atoms with Crippen LogP contribution in [0.2, 0.25) is 0 Å². The van der Waals surface area contributed by atoms with Crippen molar-refractivity contribution in [3.05, 3.63) is 41.2 Å². The third-order valence-electron chi connectivity index (χ3n) is 2.84. The molecule has 0 radical (unpaired) electrons. The van der Waals surface area contributed by atoms with Crippen molar-refractivity contribution in [2.45, 2.75) is 13.8 Å². The maximum Gasteiger partial charge on any atom is 0.356 e. The van der Waals surface area contributed by atoms with E-state index in [1.165, 1.54) is 18.9 Å². The molecule has 4 nitrogen and oxygen atoms in total. The molecule has 0 atom stereocenters. The van der Waals surface area contributed by atoms with Crippen molar-refractivity contribution in [1.29, 1.82) is 0 Å². The summed E-state index contributed by atoms with van der Waals surface area (Å²) in [6.07, 6.45) is 1.49. The Morgan fingerprint density at radius 2 is 2.12 bits per heavy atom. The van der Waals surface area contributed by atoms with E-state index in [4.69, 9.17) is 0 Å². The van der Waals surface area contributed by atoms with Crippen molar-refractivity contribution in [3.8, 4) is 11.4 Å². The van der Waals surface area contributed by atoms with Crippen LogP contribution in [0.4, 0.5) is 0 Å². The van der Waals surface area contributed by atoms with E-state index in [1.807, 2.05) is 32.0 Å². The van der Waals surface area contributed by atoms with E-state index < -0.39 is 5.97 Å². The number of aromatic nitrogens is 2. The number of benzene rings is 1. The largest absolute Gasteiger partial charge is 0.464 e. The number of carbonyl (C=O) groups is 1. The average Bonchev–Trinajstić information content (AvgIpc) is 2.81. The molecule has 0 saturated heterocycles. The summed E-state index contributed by atoms with van der Waals surface area (Å²) in [4.78, 5) is 18.5. The molecule has 0 aliphatic rings. The second kappa shape index (κ2) is 4.41. The maximum atomic E-state index is 11.3. The highest BCUT2D eigenvalue weighted by Gasteiger charge is 2.12. The molecular formula is C13H14N2O2. The molecule has 2 aromatic rings. The molecule has 0 amide bonds. The summed E-state index contributed by atoms with van der Waals surface area (Å²) in [5, 5.41) is 0. The number of hydrogen-bond donors (Lipinski definition) is 1.